The molecule has 1 unspecified atom stereocenters. The third-order valence-corrected chi connectivity index (χ3v) is 11.3. The molecule has 0 radical (unpaired) electrons. The number of anilines is 1. The van der Waals surface area contributed by atoms with Gasteiger partial charge in [0.25, 0.3) is 5.91 Å². The number of aliphatic carboxylic acids is 1. The van der Waals surface area contributed by atoms with Crippen LogP contribution < -0.4 is 5.32 Å². The van der Waals surface area contributed by atoms with Crippen molar-refractivity contribution in [1.82, 2.24) is 9.80 Å². The third kappa shape index (κ3) is 6.51. The number of nitrogens with one attached hydrogen (secondary N) is 1. The number of Topliss-reactive ketones (excluding diaryl/α,β-unsaturated/α-hetero) is 1. The molecule has 3 heterocycles. The normalized spacial score (nSPS) is 22.9. The summed E-state index contributed by atoms with van der Waals surface area (Å²) in [5, 5.41) is 14.9. The third-order valence-electron chi connectivity index (χ3n) is 10.0. The van der Waals surface area contributed by atoms with E-state index in [1.165, 1.54) is 31.6 Å². The smallest absolute Gasteiger partial charge is 0.306 e. The molecule has 1 amide bonds. The molecule has 1 saturated carbocycles. The van der Waals surface area contributed by atoms with Crippen molar-refractivity contribution in [3.63, 3.8) is 0 Å². The van der Waals surface area contributed by atoms with Crippen LogP contribution in [0.25, 0.3) is 10.1 Å². The summed E-state index contributed by atoms with van der Waals surface area (Å²) in [4.78, 5) is 43.6. The van der Waals surface area contributed by atoms with Gasteiger partial charge in [0.05, 0.1) is 28.3 Å². The molecule has 0 bridgehead atoms. The van der Waals surface area contributed by atoms with Crippen molar-refractivity contribution in [2.75, 3.05) is 39.2 Å². The van der Waals surface area contributed by atoms with Gasteiger partial charge in [-0.3, -0.25) is 19.3 Å². The zero-order valence-corrected chi connectivity index (χ0v) is 28.7. The summed E-state index contributed by atoms with van der Waals surface area (Å²) in [5.74, 6) is -5.72. The van der Waals surface area contributed by atoms with E-state index in [0.717, 1.165) is 29.0 Å². The van der Waals surface area contributed by atoms with Crippen molar-refractivity contribution in [3.05, 3.63) is 63.7 Å². The molecule has 2 saturated heterocycles. The number of hydrogen-bond acceptors (Lipinski definition) is 9. The first-order valence-corrected chi connectivity index (χ1v) is 17.7. The van der Waals surface area contributed by atoms with Crippen LogP contribution in [0, 0.1) is 11.7 Å². The number of carboxylic acid groups (broad SMARTS) is 1. The van der Waals surface area contributed by atoms with E-state index in [2.05, 4.69) is 5.32 Å². The van der Waals surface area contributed by atoms with E-state index in [1.54, 1.807) is 5.38 Å². The SMILES string of the molecule is COC1(OC)CCCN1C(OC1CCC(C(=O)O)CC1)(C(=O)Cc1cc(Cl)c(NC(=O)c2csc3ccccc23)cc1F)N1CCCC1. The number of rotatable bonds is 12. The monoisotopic (exact) mass is 701 g/mol. The first-order chi connectivity index (χ1) is 23.1. The standard InChI is InChI=1S/C35H41ClFN3O7S/c1-45-34(46-2)14-7-17-40(34)35(39-15-5-6-16-39,47-24-12-10-22(11-13-24)33(43)44)31(41)19-23-18-27(36)29(20-28(23)37)38-32(42)26-21-48-30-9-4-3-8-25(26)30/h3-4,8-9,18,20-22,24H,5-7,10-17,19H2,1-2H3,(H,38,42)(H,43,44). The van der Waals surface area contributed by atoms with Crippen molar-refractivity contribution in [3.8, 4) is 0 Å². The Hall–Kier alpha value is -2.97. The molecular weight excluding hydrogens is 661 g/mol. The van der Waals surface area contributed by atoms with Crippen molar-refractivity contribution in [2.24, 2.45) is 5.92 Å². The number of ketones is 1. The maximum absolute atomic E-state index is 15.9. The van der Waals surface area contributed by atoms with Gasteiger partial charge in [0, 0.05) is 62.2 Å². The van der Waals surface area contributed by atoms with Gasteiger partial charge in [-0.05, 0) is 68.7 Å². The Morgan fingerprint density at radius 3 is 2.46 bits per heavy atom. The van der Waals surface area contributed by atoms with Crippen molar-refractivity contribution < 1.29 is 38.1 Å². The Balaban J connectivity index is 1.32. The van der Waals surface area contributed by atoms with Crippen molar-refractivity contribution >= 4 is 56.4 Å². The quantitative estimate of drug-likeness (QED) is 0.204. The average molecular weight is 702 g/mol. The Morgan fingerprint density at radius 2 is 1.77 bits per heavy atom. The molecule has 2 N–H and O–H groups in total. The van der Waals surface area contributed by atoms with Crippen LogP contribution in [-0.4, -0.2) is 84.3 Å². The number of thiophene rings is 1. The molecule has 0 spiro atoms. The lowest BCUT2D eigenvalue weighted by Gasteiger charge is -2.52. The van der Waals surface area contributed by atoms with E-state index in [1.807, 2.05) is 34.1 Å². The number of benzene rings is 2. The van der Waals surface area contributed by atoms with Crippen LogP contribution in [0.5, 0.6) is 0 Å². The Kier molecular flexibility index (Phi) is 10.5. The van der Waals surface area contributed by atoms with E-state index in [9.17, 15) is 19.5 Å². The van der Waals surface area contributed by atoms with Gasteiger partial charge in [0.1, 0.15) is 5.82 Å². The maximum Gasteiger partial charge on any atom is 0.306 e. The fourth-order valence-corrected chi connectivity index (χ4v) is 8.66. The minimum atomic E-state index is -1.66. The second-order valence-corrected chi connectivity index (χ2v) is 14.0. The highest BCUT2D eigenvalue weighted by molar-refractivity contribution is 7.17. The molecule has 2 aliphatic heterocycles. The maximum atomic E-state index is 15.9. The fraction of sp³-hybridized carbons (Fsp3) is 0.514. The summed E-state index contributed by atoms with van der Waals surface area (Å²) in [7, 11) is 3.06. The number of amides is 1. The molecule has 10 nitrogen and oxygen atoms in total. The number of carboxylic acids is 1. The van der Waals surface area contributed by atoms with E-state index in [0.29, 0.717) is 63.7 Å². The number of fused-ring (bicyclic) bond motifs is 1. The number of carbonyl (C=O) groups is 3. The van der Waals surface area contributed by atoms with E-state index >= 15 is 4.39 Å². The molecule has 3 aliphatic rings. The molecule has 6 rings (SSSR count). The summed E-state index contributed by atoms with van der Waals surface area (Å²) in [6, 6.07) is 10.1. The number of halogens is 2. The number of likely N-dealkylation sites (tertiary alicyclic amines) is 2. The highest BCUT2D eigenvalue weighted by atomic mass is 35.5. The summed E-state index contributed by atoms with van der Waals surface area (Å²) in [5.41, 5.74) is 0.618. The van der Waals surface area contributed by atoms with Crippen molar-refractivity contribution in [2.45, 2.75) is 75.7 Å². The molecule has 3 aromatic rings. The molecule has 13 heteroatoms. The van der Waals surface area contributed by atoms with Crippen LogP contribution in [-0.2, 0) is 30.2 Å². The van der Waals surface area contributed by atoms with Crippen LogP contribution in [0.4, 0.5) is 10.1 Å². The number of carbonyl (C=O) groups excluding carboxylic acids is 2. The van der Waals surface area contributed by atoms with Crippen LogP contribution in [0.15, 0.2) is 41.8 Å². The molecule has 258 valence electrons. The van der Waals surface area contributed by atoms with E-state index < -0.39 is 47.3 Å². The first-order valence-electron chi connectivity index (χ1n) is 16.4. The van der Waals surface area contributed by atoms with Crippen LogP contribution in [0.3, 0.4) is 0 Å². The predicted octanol–water partition coefficient (Wildman–Crippen LogP) is 6.51. The largest absolute Gasteiger partial charge is 0.481 e. The minimum absolute atomic E-state index is 0.0605. The van der Waals surface area contributed by atoms with Gasteiger partial charge in [0.2, 0.25) is 11.8 Å². The highest BCUT2D eigenvalue weighted by Gasteiger charge is 2.61. The van der Waals surface area contributed by atoms with Gasteiger partial charge in [-0.1, -0.05) is 29.8 Å². The lowest BCUT2D eigenvalue weighted by molar-refractivity contribution is -0.364. The van der Waals surface area contributed by atoms with Gasteiger partial charge in [0.15, 0.2) is 5.78 Å². The van der Waals surface area contributed by atoms with Crippen LogP contribution in [0.2, 0.25) is 5.02 Å². The Bertz CT molecular complexity index is 1670. The zero-order valence-electron chi connectivity index (χ0n) is 27.1. The van der Waals surface area contributed by atoms with Gasteiger partial charge < -0.3 is 24.6 Å². The summed E-state index contributed by atoms with van der Waals surface area (Å²) < 4.78 is 35.7. The summed E-state index contributed by atoms with van der Waals surface area (Å²) in [6.45, 7) is 1.57. The lowest BCUT2D eigenvalue weighted by Crippen LogP contribution is -2.72. The Morgan fingerprint density at radius 1 is 1.06 bits per heavy atom. The summed E-state index contributed by atoms with van der Waals surface area (Å²) >= 11 is 8.07. The molecule has 1 aliphatic carbocycles. The first kappa shape index (κ1) is 34.9. The van der Waals surface area contributed by atoms with Crippen molar-refractivity contribution in [1.29, 1.82) is 0 Å². The lowest BCUT2D eigenvalue weighted by atomic mass is 9.87. The van der Waals surface area contributed by atoms with Crippen LogP contribution >= 0.6 is 22.9 Å². The predicted molar refractivity (Wildman–Crippen MR) is 181 cm³/mol. The van der Waals surface area contributed by atoms with E-state index in [-0.39, 0.29) is 22.7 Å². The molecule has 1 atom stereocenters. The molecular formula is C35H41ClFN3O7S. The van der Waals surface area contributed by atoms with Gasteiger partial charge in [-0.15, -0.1) is 11.3 Å². The number of hydrogen-bond donors (Lipinski definition) is 2. The van der Waals surface area contributed by atoms with Gasteiger partial charge in [-0.25, -0.2) is 9.29 Å². The second-order valence-electron chi connectivity index (χ2n) is 12.7. The second kappa shape index (κ2) is 14.5. The van der Waals surface area contributed by atoms with Gasteiger partial charge >= 0.3 is 5.97 Å². The minimum Gasteiger partial charge on any atom is -0.481 e. The summed E-state index contributed by atoms with van der Waals surface area (Å²) in [6.07, 6.45) is 3.90. The topological polar surface area (TPSA) is 118 Å². The molecule has 48 heavy (non-hydrogen) atoms. The fourth-order valence-electron chi connectivity index (χ4n) is 7.49. The highest BCUT2D eigenvalue weighted by Crippen LogP contribution is 2.44. The number of ether oxygens (including phenoxy) is 3. The van der Waals surface area contributed by atoms with E-state index in [4.69, 9.17) is 25.8 Å². The Labute approximate surface area is 288 Å². The number of nitrogens with zero attached hydrogens (tertiary/aromatic N) is 2. The molecule has 3 fully saturated rings. The molecule has 2 aromatic carbocycles. The average Bonchev–Trinajstić information content (AvgIpc) is 3.87. The molecule has 1 aromatic heterocycles. The van der Waals surface area contributed by atoms with Crippen LogP contribution in [0.1, 0.15) is 67.3 Å². The van der Waals surface area contributed by atoms with Gasteiger partial charge in [-0.2, -0.15) is 0 Å². The zero-order chi connectivity index (χ0) is 34.1. The number of methoxy groups -OCH3 is 2.